The number of nitrogens with one attached hydrogen (secondary N) is 3. The van der Waals surface area contributed by atoms with Gasteiger partial charge in [-0.25, -0.2) is 4.98 Å². The third kappa shape index (κ3) is 6.43. The van der Waals surface area contributed by atoms with Gasteiger partial charge in [0.15, 0.2) is 5.96 Å². The maximum Gasteiger partial charge on any atom is 0.191 e. The van der Waals surface area contributed by atoms with Crippen molar-refractivity contribution < 1.29 is 0 Å². The fraction of sp³-hybridized carbons (Fsp3) is 0.417. The maximum atomic E-state index is 4.65. The molecule has 0 bridgehead atoms. The fourth-order valence-corrected chi connectivity index (χ4v) is 4.22. The monoisotopic (exact) mass is 532 g/mol. The van der Waals surface area contributed by atoms with E-state index in [0.29, 0.717) is 12.1 Å². The number of halogens is 1. The molecule has 7 heteroatoms. The molecule has 0 saturated carbocycles. The number of hydrogen-bond acceptors (Lipinski definition) is 3. The molecule has 4 rings (SSSR count). The number of aromatic nitrogens is 2. The molecule has 1 aromatic heterocycles. The Hall–Kier alpha value is -2.13. The average Bonchev–Trinajstić information content (AvgIpc) is 3.33. The predicted molar refractivity (Wildman–Crippen MR) is 139 cm³/mol. The summed E-state index contributed by atoms with van der Waals surface area (Å²) >= 11 is 0. The number of para-hydroxylation sites is 2. The lowest BCUT2D eigenvalue weighted by Crippen LogP contribution is -2.44. The molecule has 1 fully saturated rings. The van der Waals surface area contributed by atoms with Crippen molar-refractivity contribution in [3.05, 3.63) is 66.0 Å². The minimum Gasteiger partial charge on any atom is -0.356 e. The number of rotatable bonds is 7. The van der Waals surface area contributed by atoms with E-state index >= 15 is 0 Å². The Morgan fingerprint density at radius 1 is 1.16 bits per heavy atom. The van der Waals surface area contributed by atoms with E-state index < -0.39 is 0 Å². The normalized spacial score (nSPS) is 19.4. The zero-order valence-corrected chi connectivity index (χ0v) is 20.7. The standard InChI is InChI=1S/C24H32N6.HI/c1-18-15-20(17-30(18)16-19-9-4-3-5-10-19)27-24(25-2)26-14-8-13-23-28-21-11-6-7-12-22(21)29-23;/h3-7,9-12,18,20H,8,13-17H2,1-2H3,(H,28,29)(H2,25,26,27);1H. The van der Waals surface area contributed by atoms with Crippen LogP contribution < -0.4 is 10.6 Å². The second-order valence-corrected chi connectivity index (χ2v) is 8.14. The van der Waals surface area contributed by atoms with E-state index in [2.05, 4.69) is 73.8 Å². The molecule has 3 N–H and O–H groups in total. The lowest BCUT2D eigenvalue weighted by molar-refractivity contribution is 0.258. The van der Waals surface area contributed by atoms with E-state index in [-0.39, 0.29) is 24.0 Å². The summed E-state index contributed by atoms with van der Waals surface area (Å²) in [7, 11) is 1.84. The molecule has 166 valence electrons. The van der Waals surface area contributed by atoms with Gasteiger partial charge in [-0.3, -0.25) is 9.89 Å². The van der Waals surface area contributed by atoms with Crippen LogP contribution in [0.4, 0.5) is 0 Å². The predicted octanol–water partition coefficient (Wildman–Crippen LogP) is 3.94. The number of aliphatic imine (C=N–C) groups is 1. The average molecular weight is 532 g/mol. The van der Waals surface area contributed by atoms with Crippen molar-refractivity contribution in [1.82, 2.24) is 25.5 Å². The van der Waals surface area contributed by atoms with Gasteiger partial charge < -0.3 is 15.6 Å². The number of H-pyrrole nitrogens is 1. The smallest absolute Gasteiger partial charge is 0.191 e. The van der Waals surface area contributed by atoms with Crippen molar-refractivity contribution in [2.75, 3.05) is 20.1 Å². The summed E-state index contributed by atoms with van der Waals surface area (Å²) in [6, 6.07) is 19.9. The number of imidazole rings is 1. The molecule has 0 amide bonds. The van der Waals surface area contributed by atoms with Crippen molar-refractivity contribution in [3.63, 3.8) is 0 Å². The minimum atomic E-state index is 0. The molecule has 0 aliphatic carbocycles. The van der Waals surface area contributed by atoms with Crippen LogP contribution in [0, 0.1) is 0 Å². The quantitative estimate of drug-likeness (QED) is 0.187. The summed E-state index contributed by atoms with van der Waals surface area (Å²) in [5.41, 5.74) is 3.51. The lowest BCUT2D eigenvalue weighted by Gasteiger charge is -2.21. The molecule has 6 nitrogen and oxygen atoms in total. The van der Waals surface area contributed by atoms with Crippen LogP contribution in [0.15, 0.2) is 59.6 Å². The van der Waals surface area contributed by atoms with E-state index in [0.717, 1.165) is 61.7 Å². The molecule has 3 aromatic rings. The first kappa shape index (κ1) is 23.5. The van der Waals surface area contributed by atoms with Gasteiger partial charge in [-0.15, -0.1) is 24.0 Å². The number of aryl methyl sites for hydroxylation is 1. The molecule has 2 atom stereocenters. The first-order valence-electron chi connectivity index (χ1n) is 10.9. The van der Waals surface area contributed by atoms with Gasteiger partial charge in [-0.1, -0.05) is 42.5 Å². The van der Waals surface area contributed by atoms with Crippen molar-refractivity contribution >= 4 is 41.0 Å². The Morgan fingerprint density at radius 3 is 2.71 bits per heavy atom. The van der Waals surface area contributed by atoms with E-state index in [1.165, 1.54) is 5.56 Å². The number of benzene rings is 2. The zero-order valence-electron chi connectivity index (χ0n) is 18.3. The highest BCUT2D eigenvalue weighted by Crippen LogP contribution is 2.20. The molecular weight excluding hydrogens is 499 g/mol. The Labute approximate surface area is 202 Å². The van der Waals surface area contributed by atoms with Crippen LogP contribution in [0.3, 0.4) is 0 Å². The number of nitrogens with zero attached hydrogens (tertiary/aromatic N) is 3. The van der Waals surface area contributed by atoms with E-state index in [1.54, 1.807) is 0 Å². The molecular formula is C24H33IN6. The third-order valence-corrected chi connectivity index (χ3v) is 5.82. The topological polar surface area (TPSA) is 68.3 Å². The Kier molecular flexibility index (Phi) is 8.71. The summed E-state index contributed by atoms with van der Waals surface area (Å²) in [6.07, 6.45) is 3.05. The molecule has 0 radical (unpaired) electrons. The van der Waals surface area contributed by atoms with Crippen LogP contribution in [0.1, 0.15) is 31.2 Å². The van der Waals surface area contributed by atoms with Crippen LogP contribution in [0.2, 0.25) is 0 Å². The van der Waals surface area contributed by atoms with Gasteiger partial charge in [0.2, 0.25) is 0 Å². The molecule has 2 heterocycles. The Morgan fingerprint density at radius 2 is 1.94 bits per heavy atom. The van der Waals surface area contributed by atoms with Gasteiger partial charge in [0.1, 0.15) is 5.82 Å². The Balaban J connectivity index is 0.00000272. The van der Waals surface area contributed by atoms with Gasteiger partial charge in [0.05, 0.1) is 11.0 Å². The number of aromatic amines is 1. The van der Waals surface area contributed by atoms with Gasteiger partial charge >= 0.3 is 0 Å². The van der Waals surface area contributed by atoms with Gasteiger partial charge in [0, 0.05) is 45.2 Å². The van der Waals surface area contributed by atoms with Crippen molar-refractivity contribution in [2.24, 2.45) is 4.99 Å². The van der Waals surface area contributed by atoms with E-state index in [1.807, 2.05) is 25.2 Å². The number of fused-ring (bicyclic) bond motifs is 1. The molecule has 1 aliphatic heterocycles. The van der Waals surface area contributed by atoms with Crippen molar-refractivity contribution in [3.8, 4) is 0 Å². The highest BCUT2D eigenvalue weighted by Gasteiger charge is 2.29. The number of hydrogen-bond donors (Lipinski definition) is 3. The summed E-state index contributed by atoms with van der Waals surface area (Å²) in [5, 5.41) is 7.06. The molecule has 2 aromatic carbocycles. The van der Waals surface area contributed by atoms with Gasteiger partial charge in [-0.2, -0.15) is 0 Å². The van der Waals surface area contributed by atoms with Gasteiger partial charge in [-0.05, 0) is 37.5 Å². The van der Waals surface area contributed by atoms with E-state index in [4.69, 9.17) is 0 Å². The van der Waals surface area contributed by atoms with Crippen LogP contribution in [-0.2, 0) is 13.0 Å². The highest BCUT2D eigenvalue weighted by molar-refractivity contribution is 14.0. The second kappa shape index (κ2) is 11.5. The highest BCUT2D eigenvalue weighted by atomic mass is 127. The largest absolute Gasteiger partial charge is 0.356 e. The summed E-state index contributed by atoms with van der Waals surface area (Å²) in [4.78, 5) is 15.0. The van der Waals surface area contributed by atoms with Crippen LogP contribution >= 0.6 is 24.0 Å². The van der Waals surface area contributed by atoms with Crippen LogP contribution in [0.5, 0.6) is 0 Å². The van der Waals surface area contributed by atoms with Gasteiger partial charge in [0.25, 0.3) is 0 Å². The number of guanidine groups is 1. The lowest BCUT2D eigenvalue weighted by atomic mass is 10.2. The molecule has 31 heavy (non-hydrogen) atoms. The van der Waals surface area contributed by atoms with Crippen molar-refractivity contribution in [2.45, 2.75) is 44.8 Å². The first-order chi connectivity index (χ1) is 14.7. The van der Waals surface area contributed by atoms with E-state index in [9.17, 15) is 0 Å². The summed E-state index contributed by atoms with van der Waals surface area (Å²) < 4.78 is 0. The molecule has 2 unspecified atom stereocenters. The first-order valence-corrected chi connectivity index (χ1v) is 10.9. The molecule has 0 spiro atoms. The second-order valence-electron chi connectivity index (χ2n) is 8.14. The fourth-order valence-electron chi connectivity index (χ4n) is 4.22. The molecule has 1 aliphatic rings. The maximum absolute atomic E-state index is 4.65. The zero-order chi connectivity index (χ0) is 20.8. The molecule has 1 saturated heterocycles. The number of likely N-dealkylation sites (tertiary alicyclic amines) is 1. The third-order valence-electron chi connectivity index (χ3n) is 5.82. The van der Waals surface area contributed by atoms with Crippen molar-refractivity contribution in [1.29, 1.82) is 0 Å². The van der Waals surface area contributed by atoms with Crippen LogP contribution in [-0.4, -0.2) is 53.0 Å². The Bertz CT molecular complexity index is 937. The summed E-state index contributed by atoms with van der Waals surface area (Å²) in [6.45, 7) is 5.22. The SMILES string of the molecule is CN=C(NCCCc1nc2ccccc2[nH]1)NC1CC(C)N(Cc2ccccc2)C1.I. The van der Waals surface area contributed by atoms with Crippen LogP contribution in [0.25, 0.3) is 11.0 Å². The summed E-state index contributed by atoms with van der Waals surface area (Å²) in [5.74, 6) is 1.93. The minimum absolute atomic E-state index is 0.